The molecule has 2 aromatic rings. The standard InChI is InChI=1S/C18H18N2O4/c1-2-12-7-9-13(10-8-12)17(21)19-20-18(22)16-11-23-14-5-3-4-6-15(14)24-16/h3-10,16H,2,11H2,1H3,(H,19,21)(H,20,22)/t16-/m1/s1. The Labute approximate surface area is 139 Å². The van der Waals surface area contributed by atoms with E-state index in [1.807, 2.05) is 25.1 Å². The molecule has 0 aromatic heterocycles. The third-order valence-electron chi connectivity index (χ3n) is 3.72. The molecule has 0 radical (unpaired) electrons. The number of aryl methyl sites for hydroxylation is 1. The molecule has 0 aliphatic carbocycles. The maximum Gasteiger partial charge on any atom is 0.283 e. The molecule has 0 saturated heterocycles. The summed E-state index contributed by atoms with van der Waals surface area (Å²) in [6, 6.07) is 14.3. The highest BCUT2D eigenvalue weighted by Gasteiger charge is 2.27. The van der Waals surface area contributed by atoms with E-state index in [4.69, 9.17) is 9.47 Å². The summed E-state index contributed by atoms with van der Waals surface area (Å²) in [7, 11) is 0. The highest BCUT2D eigenvalue weighted by Crippen LogP contribution is 2.30. The Bertz CT molecular complexity index is 743. The Morgan fingerprint density at radius 1 is 1.04 bits per heavy atom. The third-order valence-corrected chi connectivity index (χ3v) is 3.72. The molecule has 0 fully saturated rings. The van der Waals surface area contributed by atoms with Gasteiger partial charge in [0.2, 0.25) is 6.10 Å². The van der Waals surface area contributed by atoms with E-state index >= 15 is 0 Å². The average Bonchev–Trinajstić information content (AvgIpc) is 2.65. The number of rotatable bonds is 3. The van der Waals surface area contributed by atoms with Crippen molar-refractivity contribution in [3.05, 3.63) is 59.7 Å². The van der Waals surface area contributed by atoms with Crippen LogP contribution in [0.5, 0.6) is 11.5 Å². The molecule has 6 heteroatoms. The zero-order valence-electron chi connectivity index (χ0n) is 13.2. The molecule has 1 heterocycles. The maximum atomic E-state index is 12.1. The predicted octanol–water partition coefficient (Wildman–Crippen LogP) is 1.85. The van der Waals surface area contributed by atoms with Crippen LogP contribution in [0.15, 0.2) is 48.5 Å². The summed E-state index contributed by atoms with van der Waals surface area (Å²) in [4.78, 5) is 24.1. The van der Waals surface area contributed by atoms with E-state index in [1.54, 1.807) is 30.3 Å². The Kier molecular flexibility index (Phi) is 4.65. The number of hydrazine groups is 1. The Morgan fingerprint density at radius 2 is 1.75 bits per heavy atom. The normalized spacial score (nSPS) is 15.5. The van der Waals surface area contributed by atoms with Gasteiger partial charge in [0.05, 0.1) is 0 Å². The second kappa shape index (κ2) is 7.04. The smallest absolute Gasteiger partial charge is 0.283 e. The first-order valence-corrected chi connectivity index (χ1v) is 7.75. The molecule has 0 spiro atoms. The van der Waals surface area contributed by atoms with Gasteiger partial charge in [0, 0.05) is 5.56 Å². The Hall–Kier alpha value is -3.02. The second-order valence-corrected chi connectivity index (χ2v) is 5.36. The Balaban J connectivity index is 1.55. The van der Waals surface area contributed by atoms with E-state index in [0.717, 1.165) is 12.0 Å². The second-order valence-electron chi connectivity index (χ2n) is 5.36. The zero-order chi connectivity index (χ0) is 16.9. The van der Waals surface area contributed by atoms with E-state index < -0.39 is 12.0 Å². The van der Waals surface area contributed by atoms with Crippen LogP contribution in [0.3, 0.4) is 0 Å². The van der Waals surface area contributed by atoms with Crippen molar-refractivity contribution >= 4 is 11.8 Å². The first kappa shape index (κ1) is 15.9. The number of hydrogen-bond acceptors (Lipinski definition) is 4. The number of carbonyl (C=O) groups excluding carboxylic acids is 2. The van der Waals surface area contributed by atoms with Gasteiger partial charge in [-0.15, -0.1) is 0 Å². The van der Waals surface area contributed by atoms with Crippen LogP contribution in [-0.4, -0.2) is 24.5 Å². The van der Waals surface area contributed by atoms with Crippen LogP contribution >= 0.6 is 0 Å². The molecule has 1 atom stereocenters. The number of ether oxygens (including phenoxy) is 2. The van der Waals surface area contributed by atoms with Crippen LogP contribution in [-0.2, 0) is 11.2 Å². The van der Waals surface area contributed by atoms with Crippen LogP contribution in [0, 0.1) is 0 Å². The highest BCUT2D eigenvalue weighted by molar-refractivity contribution is 5.95. The van der Waals surface area contributed by atoms with Crippen molar-refractivity contribution < 1.29 is 19.1 Å². The van der Waals surface area contributed by atoms with Crippen molar-refractivity contribution in [2.24, 2.45) is 0 Å². The fourth-order valence-electron chi connectivity index (χ4n) is 2.31. The summed E-state index contributed by atoms with van der Waals surface area (Å²) < 4.78 is 11.0. The van der Waals surface area contributed by atoms with Crippen molar-refractivity contribution in [1.29, 1.82) is 0 Å². The topological polar surface area (TPSA) is 76.7 Å². The maximum absolute atomic E-state index is 12.1. The number of benzene rings is 2. The van der Waals surface area contributed by atoms with Gasteiger partial charge in [0.25, 0.3) is 11.8 Å². The lowest BCUT2D eigenvalue weighted by Gasteiger charge is -2.25. The monoisotopic (exact) mass is 326 g/mol. The van der Waals surface area contributed by atoms with Gasteiger partial charge < -0.3 is 9.47 Å². The first-order chi connectivity index (χ1) is 11.7. The van der Waals surface area contributed by atoms with E-state index in [0.29, 0.717) is 17.1 Å². The SMILES string of the molecule is CCc1ccc(C(=O)NNC(=O)[C@H]2COc3ccccc3O2)cc1. The molecule has 24 heavy (non-hydrogen) atoms. The lowest BCUT2D eigenvalue weighted by Crippen LogP contribution is -2.50. The lowest BCUT2D eigenvalue weighted by atomic mass is 10.1. The summed E-state index contributed by atoms with van der Waals surface area (Å²) in [6.07, 6.45) is 0.0849. The summed E-state index contributed by atoms with van der Waals surface area (Å²) >= 11 is 0. The van der Waals surface area contributed by atoms with Crippen molar-refractivity contribution in [2.45, 2.75) is 19.4 Å². The fourth-order valence-corrected chi connectivity index (χ4v) is 2.31. The van der Waals surface area contributed by atoms with Gasteiger partial charge in [0.15, 0.2) is 11.5 Å². The lowest BCUT2D eigenvalue weighted by molar-refractivity contribution is -0.131. The van der Waals surface area contributed by atoms with Crippen LogP contribution in [0.4, 0.5) is 0 Å². The van der Waals surface area contributed by atoms with Gasteiger partial charge >= 0.3 is 0 Å². The van der Waals surface area contributed by atoms with E-state index in [-0.39, 0.29) is 12.5 Å². The minimum atomic E-state index is -0.817. The number of carbonyl (C=O) groups is 2. The number of nitrogens with one attached hydrogen (secondary N) is 2. The highest BCUT2D eigenvalue weighted by atomic mass is 16.6. The number of para-hydroxylation sites is 2. The molecule has 124 valence electrons. The average molecular weight is 326 g/mol. The molecule has 0 unspecified atom stereocenters. The van der Waals surface area contributed by atoms with Crippen molar-refractivity contribution in [1.82, 2.24) is 10.9 Å². The van der Waals surface area contributed by atoms with Gasteiger partial charge in [-0.05, 0) is 36.2 Å². The van der Waals surface area contributed by atoms with Crippen LogP contribution in [0.2, 0.25) is 0 Å². The fraction of sp³-hybridized carbons (Fsp3) is 0.222. The summed E-state index contributed by atoms with van der Waals surface area (Å²) in [6.45, 7) is 2.13. The molecule has 1 aliphatic rings. The number of fused-ring (bicyclic) bond motifs is 1. The van der Waals surface area contributed by atoms with Crippen molar-refractivity contribution in [3.63, 3.8) is 0 Å². The molecule has 0 saturated carbocycles. The van der Waals surface area contributed by atoms with E-state index in [1.165, 1.54) is 0 Å². The van der Waals surface area contributed by atoms with Gasteiger partial charge in [-0.25, -0.2) is 0 Å². The summed E-state index contributed by atoms with van der Waals surface area (Å²) in [5.74, 6) is 0.248. The molecular formula is C18H18N2O4. The van der Waals surface area contributed by atoms with Crippen molar-refractivity contribution in [2.75, 3.05) is 6.61 Å². The Morgan fingerprint density at radius 3 is 2.46 bits per heavy atom. The molecule has 6 nitrogen and oxygen atoms in total. The molecule has 2 amide bonds. The van der Waals surface area contributed by atoms with E-state index in [2.05, 4.69) is 10.9 Å². The largest absolute Gasteiger partial charge is 0.485 e. The first-order valence-electron chi connectivity index (χ1n) is 7.75. The van der Waals surface area contributed by atoms with Gasteiger partial charge in [-0.1, -0.05) is 31.2 Å². The van der Waals surface area contributed by atoms with Crippen molar-refractivity contribution in [3.8, 4) is 11.5 Å². The quantitative estimate of drug-likeness (QED) is 0.844. The zero-order valence-corrected chi connectivity index (χ0v) is 13.2. The molecule has 2 aromatic carbocycles. The molecule has 0 bridgehead atoms. The molecule has 2 N–H and O–H groups in total. The van der Waals surface area contributed by atoms with Crippen LogP contribution in [0.1, 0.15) is 22.8 Å². The van der Waals surface area contributed by atoms with Crippen LogP contribution in [0.25, 0.3) is 0 Å². The van der Waals surface area contributed by atoms with Gasteiger partial charge in [-0.3, -0.25) is 20.4 Å². The number of amides is 2. The minimum absolute atomic E-state index is 0.0872. The molecule has 1 aliphatic heterocycles. The summed E-state index contributed by atoms with van der Waals surface area (Å²) in [5.41, 5.74) is 6.36. The van der Waals surface area contributed by atoms with Gasteiger partial charge in [-0.2, -0.15) is 0 Å². The molecular weight excluding hydrogens is 308 g/mol. The van der Waals surface area contributed by atoms with Crippen LogP contribution < -0.4 is 20.3 Å². The third kappa shape index (κ3) is 3.48. The number of hydrogen-bond donors (Lipinski definition) is 2. The summed E-state index contributed by atoms with van der Waals surface area (Å²) in [5, 5.41) is 0. The molecule has 3 rings (SSSR count). The van der Waals surface area contributed by atoms with Gasteiger partial charge in [0.1, 0.15) is 6.61 Å². The van der Waals surface area contributed by atoms with E-state index in [9.17, 15) is 9.59 Å². The predicted molar refractivity (Wildman–Crippen MR) is 87.8 cm³/mol. The minimum Gasteiger partial charge on any atom is -0.485 e.